The SMILES string of the molecule is Cc1cc(C)c(CS(=O)(=O)C(C)C(=O)NC2CCCCC2C)c(C)c1. The third kappa shape index (κ3) is 4.84. The molecule has 1 amide bonds. The summed E-state index contributed by atoms with van der Waals surface area (Å²) in [7, 11) is -3.55. The second-order valence-corrected chi connectivity index (χ2v) is 10.0. The lowest BCUT2D eigenvalue weighted by Crippen LogP contribution is -2.47. The number of benzene rings is 1. The predicted molar refractivity (Wildman–Crippen MR) is 102 cm³/mol. The molecule has 1 aliphatic carbocycles. The van der Waals surface area contributed by atoms with Gasteiger partial charge in [-0.2, -0.15) is 0 Å². The van der Waals surface area contributed by atoms with Crippen LogP contribution in [0.5, 0.6) is 0 Å². The van der Waals surface area contributed by atoms with Crippen molar-refractivity contribution in [1.29, 1.82) is 0 Å². The molecule has 2 rings (SSSR count). The van der Waals surface area contributed by atoms with E-state index in [9.17, 15) is 13.2 Å². The number of rotatable bonds is 5. The van der Waals surface area contributed by atoms with Crippen molar-refractivity contribution in [3.8, 4) is 0 Å². The van der Waals surface area contributed by atoms with Gasteiger partial charge in [0.15, 0.2) is 9.84 Å². The highest BCUT2D eigenvalue weighted by Crippen LogP contribution is 2.25. The molecule has 0 aliphatic heterocycles. The molecule has 0 radical (unpaired) electrons. The first-order valence-electron chi connectivity index (χ1n) is 9.20. The fourth-order valence-electron chi connectivity index (χ4n) is 3.76. The van der Waals surface area contributed by atoms with Gasteiger partial charge in [0.1, 0.15) is 5.25 Å². The fourth-order valence-corrected chi connectivity index (χ4v) is 5.26. The van der Waals surface area contributed by atoms with Gasteiger partial charge in [-0.05, 0) is 63.1 Å². The molecule has 3 atom stereocenters. The van der Waals surface area contributed by atoms with E-state index in [1.54, 1.807) is 0 Å². The van der Waals surface area contributed by atoms with E-state index >= 15 is 0 Å². The van der Waals surface area contributed by atoms with Crippen LogP contribution in [0.1, 0.15) is 61.8 Å². The van der Waals surface area contributed by atoms with Crippen LogP contribution in [0.15, 0.2) is 12.1 Å². The minimum Gasteiger partial charge on any atom is -0.352 e. The Morgan fingerprint density at radius 3 is 2.28 bits per heavy atom. The van der Waals surface area contributed by atoms with Crippen LogP contribution >= 0.6 is 0 Å². The Bertz CT molecular complexity index is 716. The first-order chi connectivity index (χ1) is 11.6. The summed E-state index contributed by atoms with van der Waals surface area (Å²) in [5.41, 5.74) is 3.87. The molecule has 1 saturated carbocycles. The summed E-state index contributed by atoms with van der Waals surface area (Å²) < 4.78 is 25.6. The van der Waals surface area contributed by atoms with Gasteiger partial charge in [0, 0.05) is 6.04 Å². The number of hydrogen-bond donors (Lipinski definition) is 1. The number of carbonyl (C=O) groups is 1. The number of nitrogens with one attached hydrogen (secondary N) is 1. The van der Waals surface area contributed by atoms with E-state index in [1.807, 2.05) is 32.9 Å². The quantitative estimate of drug-likeness (QED) is 0.867. The van der Waals surface area contributed by atoms with E-state index in [0.717, 1.165) is 41.5 Å². The number of carbonyl (C=O) groups excluding carboxylic acids is 1. The number of aryl methyl sites for hydroxylation is 3. The molecular weight excluding hydrogens is 334 g/mol. The molecule has 25 heavy (non-hydrogen) atoms. The van der Waals surface area contributed by atoms with Crippen molar-refractivity contribution in [2.45, 2.75) is 77.3 Å². The lowest BCUT2D eigenvalue weighted by atomic mass is 9.86. The molecule has 4 nitrogen and oxygen atoms in total. The maximum absolute atomic E-state index is 12.8. The maximum atomic E-state index is 12.8. The second-order valence-electron chi connectivity index (χ2n) is 7.70. The van der Waals surface area contributed by atoms with Crippen LogP contribution in [0.4, 0.5) is 0 Å². The minimum atomic E-state index is -3.55. The van der Waals surface area contributed by atoms with Gasteiger partial charge in [0.05, 0.1) is 5.75 Å². The highest BCUT2D eigenvalue weighted by atomic mass is 32.2. The van der Waals surface area contributed by atoms with Gasteiger partial charge in [0.2, 0.25) is 5.91 Å². The maximum Gasteiger partial charge on any atom is 0.238 e. The lowest BCUT2D eigenvalue weighted by Gasteiger charge is -2.30. The molecule has 0 bridgehead atoms. The fraction of sp³-hybridized carbons (Fsp3) is 0.650. The Hall–Kier alpha value is -1.36. The average Bonchev–Trinajstić information content (AvgIpc) is 2.52. The highest BCUT2D eigenvalue weighted by molar-refractivity contribution is 7.92. The Morgan fingerprint density at radius 2 is 1.72 bits per heavy atom. The molecule has 0 saturated heterocycles. The molecule has 0 heterocycles. The van der Waals surface area contributed by atoms with Crippen molar-refractivity contribution in [2.24, 2.45) is 5.92 Å². The van der Waals surface area contributed by atoms with Gasteiger partial charge < -0.3 is 5.32 Å². The molecular formula is C20H31NO3S. The summed E-state index contributed by atoms with van der Waals surface area (Å²) in [5.74, 6) is -0.0323. The Labute approximate surface area is 152 Å². The average molecular weight is 366 g/mol. The molecule has 1 aromatic carbocycles. The van der Waals surface area contributed by atoms with Gasteiger partial charge in [-0.1, -0.05) is 37.5 Å². The first-order valence-corrected chi connectivity index (χ1v) is 10.9. The molecule has 1 fully saturated rings. The summed E-state index contributed by atoms with van der Waals surface area (Å²) >= 11 is 0. The largest absolute Gasteiger partial charge is 0.352 e. The number of amides is 1. The van der Waals surface area contributed by atoms with Crippen molar-refractivity contribution >= 4 is 15.7 Å². The summed E-state index contributed by atoms with van der Waals surface area (Å²) in [6.07, 6.45) is 4.31. The molecule has 1 aromatic rings. The van der Waals surface area contributed by atoms with E-state index in [0.29, 0.717) is 5.92 Å². The van der Waals surface area contributed by atoms with Gasteiger partial charge >= 0.3 is 0 Å². The second kappa shape index (κ2) is 7.90. The predicted octanol–water partition coefficient (Wildman–Crippen LogP) is 3.61. The van der Waals surface area contributed by atoms with Crippen molar-refractivity contribution in [3.05, 3.63) is 34.4 Å². The molecule has 0 aromatic heterocycles. The summed E-state index contributed by atoms with van der Waals surface area (Å²) in [5, 5.41) is 1.95. The van der Waals surface area contributed by atoms with Crippen LogP contribution in [0, 0.1) is 26.7 Å². The smallest absolute Gasteiger partial charge is 0.238 e. The molecule has 3 unspecified atom stereocenters. The van der Waals surface area contributed by atoms with E-state index in [-0.39, 0.29) is 17.7 Å². The standard InChI is InChI=1S/C20H31NO3S/c1-13-10-15(3)18(16(4)11-13)12-25(23,24)17(5)20(22)21-19-9-7-6-8-14(19)2/h10-11,14,17,19H,6-9,12H2,1-5H3,(H,21,22). The zero-order valence-electron chi connectivity index (χ0n) is 16.1. The van der Waals surface area contributed by atoms with E-state index in [4.69, 9.17) is 0 Å². The number of sulfone groups is 1. The third-order valence-corrected chi connectivity index (χ3v) is 7.52. The van der Waals surface area contributed by atoms with Crippen LogP contribution in [0.2, 0.25) is 0 Å². The van der Waals surface area contributed by atoms with Crippen LogP contribution in [0.3, 0.4) is 0 Å². The summed E-state index contributed by atoms with van der Waals surface area (Å²) in [4.78, 5) is 12.5. The normalized spacial score (nSPS) is 22.4. The Balaban J connectivity index is 2.12. The van der Waals surface area contributed by atoms with Crippen LogP contribution in [0.25, 0.3) is 0 Å². The van der Waals surface area contributed by atoms with Gasteiger partial charge in [-0.25, -0.2) is 8.42 Å². The van der Waals surface area contributed by atoms with E-state index in [2.05, 4.69) is 12.2 Å². The zero-order chi connectivity index (χ0) is 18.8. The first kappa shape index (κ1) is 20.0. The summed E-state index contributed by atoms with van der Waals surface area (Å²) in [6.45, 7) is 9.50. The molecule has 140 valence electrons. The topological polar surface area (TPSA) is 63.2 Å². The van der Waals surface area contributed by atoms with Gasteiger partial charge in [0.25, 0.3) is 0 Å². The van der Waals surface area contributed by atoms with Crippen molar-refractivity contribution in [3.63, 3.8) is 0 Å². The lowest BCUT2D eigenvalue weighted by molar-refractivity contribution is -0.121. The van der Waals surface area contributed by atoms with Crippen LogP contribution in [-0.4, -0.2) is 25.6 Å². The molecule has 1 N–H and O–H groups in total. The van der Waals surface area contributed by atoms with E-state index in [1.165, 1.54) is 13.3 Å². The Kier molecular flexibility index (Phi) is 6.30. The molecule has 1 aliphatic rings. The van der Waals surface area contributed by atoms with Crippen molar-refractivity contribution < 1.29 is 13.2 Å². The van der Waals surface area contributed by atoms with Gasteiger partial charge in [-0.15, -0.1) is 0 Å². The van der Waals surface area contributed by atoms with E-state index < -0.39 is 15.1 Å². The third-order valence-electron chi connectivity index (χ3n) is 5.53. The molecule has 0 spiro atoms. The van der Waals surface area contributed by atoms with Crippen molar-refractivity contribution in [2.75, 3.05) is 0 Å². The minimum absolute atomic E-state index is 0.0836. The molecule has 5 heteroatoms. The van der Waals surface area contributed by atoms with Crippen molar-refractivity contribution in [1.82, 2.24) is 5.32 Å². The zero-order valence-corrected chi connectivity index (χ0v) is 16.9. The number of hydrogen-bond acceptors (Lipinski definition) is 3. The van der Waals surface area contributed by atoms with Gasteiger partial charge in [-0.3, -0.25) is 4.79 Å². The Morgan fingerprint density at radius 1 is 1.16 bits per heavy atom. The highest BCUT2D eigenvalue weighted by Gasteiger charge is 2.32. The monoisotopic (exact) mass is 365 g/mol. The van der Waals surface area contributed by atoms with Crippen LogP contribution < -0.4 is 5.32 Å². The van der Waals surface area contributed by atoms with Crippen LogP contribution in [-0.2, 0) is 20.4 Å². The summed E-state index contributed by atoms with van der Waals surface area (Å²) in [6, 6.07) is 4.08.